The first-order chi connectivity index (χ1) is 8.56. The summed E-state index contributed by atoms with van der Waals surface area (Å²) < 4.78 is 5.18. The van der Waals surface area contributed by atoms with Gasteiger partial charge >= 0.3 is 6.01 Å². The monoisotopic (exact) mass is 256 g/mol. The first-order valence-electron chi connectivity index (χ1n) is 5.84. The molecule has 0 aromatic carbocycles. The molecule has 0 aliphatic rings. The van der Waals surface area contributed by atoms with Crippen LogP contribution in [0.15, 0.2) is 0 Å². The van der Waals surface area contributed by atoms with Crippen LogP contribution in [0.3, 0.4) is 0 Å². The third-order valence-electron chi connectivity index (χ3n) is 2.26. The van der Waals surface area contributed by atoms with Crippen LogP contribution in [0, 0.1) is 5.92 Å². The molecule has 5 N–H and O–H groups in total. The molecule has 102 valence electrons. The topological polar surface area (TPSA) is 118 Å². The van der Waals surface area contributed by atoms with E-state index in [1.807, 2.05) is 20.8 Å². The molecule has 1 rings (SSSR count). The van der Waals surface area contributed by atoms with Gasteiger partial charge < -0.3 is 15.2 Å². The first kappa shape index (κ1) is 14.4. The van der Waals surface area contributed by atoms with Gasteiger partial charge in [-0.3, -0.25) is 5.43 Å². The molecule has 0 bridgehead atoms. The van der Waals surface area contributed by atoms with Crippen LogP contribution in [0.2, 0.25) is 0 Å². The minimum atomic E-state index is -0.480. The molecule has 0 aliphatic carbocycles. The summed E-state index contributed by atoms with van der Waals surface area (Å²) in [4.78, 5) is 12.0. The molecule has 0 saturated carbocycles. The molecule has 0 spiro atoms. The number of hydrazine groups is 1. The number of nitrogens with two attached hydrogens (primary N) is 1. The van der Waals surface area contributed by atoms with Gasteiger partial charge in [0.2, 0.25) is 11.9 Å². The van der Waals surface area contributed by atoms with E-state index < -0.39 is 6.10 Å². The number of hydrogen-bond acceptors (Lipinski definition) is 8. The van der Waals surface area contributed by atoms with Crippen LogP contribution in [0.1, 0.15) is 20.8 Å². The van der Waals surface area contributed by atoms with E-state index in [0.717, 1.165) is 0 Å². The Morgan fingerprint density at radius 2 is 1.94 bits per heavy atom. The second-order valence-electron chi connectivity index (χ2n) is 4.03. The molecule has 0 amide bonds. The number of nitrogens with one attached hydrogen (secondary N) is 2. The zero-order chi connectivity index (χ0) is 13.5. The molecule has 18 heavy (non-hydrogen) atoms. The van der Waals surface area contributed by atoms with Crippen LogP contribution < -0.4 is 21.3 Å². The summed E-state index contributed by atoms with van der Waals surface area (Å²) in [5, 5.41) is 12.6. The Morgan fingerprint density at radius 1 is 1.28 bits per heavy atom. The summed E-state index contributed by atoms with van der Waals surface area (Å²) in [6.45, 7) is 6.48. The van der Waals surface area contributed by atoms with Crippen LogP contribution in [0.4, 0.5) is 11.9 Å². The normalized spacial score (nSPS) is 12.3. The van der Waals surface area contributed by atoms with Crippen LogP contribution >= 0.6 is 0 Å². The van der Waals surface area contributed by atoms with E-state index in [1.165, 1.54) is 0 Å². The van der Waals surface area contributed by atoms with E-state index in [9.17, 15) is 5.11 Å². The van der Waals surface area contributed by atoms with Crippen molar-refractivity contribution in [3.63, 3.8) is 0 Å². The molecular formula is C10H20N6O2. The lowest BCUT2D eigenvalue weighted by molar-refractivity contribution is 0.137. The molecule has 0 fully saturated rings. The molecular weight excluding hydrogens is 236 g/mol. The molecule has 1 aromatic heterocycles. The van der Waals surface area contributed by atoms with Crippen molar-refractivity contribution in [2.45, 2.75) is 26.9 Å². The molecule has 1 unspecified atom stereocenters. The van der Waals surface area contributed by atoms with Gasteiger partial charge in [0.05, 0.1) is 12.7 Å². The minimum Gasteiger partial charge on any atom is -0.464 e. The van der Waals surface area contributed by atoms with Crippen LogP contribution in [0.5, 0.6) is 6.01 Å². The third kappa shape index (κ3) is 4.30. The van der Waals surface area contributed by atoms with Crippen molar-refractivity contribution >= 4 is 11.9 Å². The largest absolute Gasteiger partial charge is 0.464 e. The smallest absolute Gasteiger partial charge is 0.323 e. The van der Waals surface area contributed by atoms with Crippen molar-refractivity contribution in [1.29, 1.82) is 0 Å². The zero-order valence-corrected chi connectivity index (χ0v) is 10.8. The second-order valence-corrected chi connectivity index (χ2v) is 4.03. The minimum absolute atomic E-state index is 0.151. The highest BCUT2D eigenvalue weighted by atomic mass is 16.5. The van der Waals surface area contributed by atoms with E-state index in [-0.39, 0.29) is 17.9 Å². The van der Waals surface area contributed by atoms with Gasteiger partial charge in [-0.1, -0.05) is 13.8 Å². The Balaban J connectivity index is 2.71. The summed E-state index contributed by atoms with van der Waals surface area (Å²) in [5.41, 5.74) is 2.33. The van der Waals surface area contributed by atoms with Crippen LogP contribution in [-0.2, 0) is 0 Å². The fourth-order valence-electron chi connectivity index (χ4n) is 1.13. The Kier molecular flexibility index (Phi) is 5.53. The van der Waals surface area contributed by atoms with Gasteiger partial charge in [-0.2, -0.15) is 15.0 Å². The van der Waals surface area contributed by atoms with Crippen LogP contribution in [0.25, 0.3) is 0 Å². The van der Waals surface area contributed by atoms with E-state index >= 15 is 0 Å². The average Bonchev–Trinajstić information content (AvgIpc) is 2.35. The van der Waals surface area contributed by atoms with E-state index in [1.54, 1.807) is 0 Å². The number of hydrogen-bond donors (Lipinski definition) is 4. The molecule has 0 aliphatic heterocycles. The summed E-state index contributed by atoms with van der Waals surface area (Å²) in [6.07, 6.45) is -0.480. The van der Waals surface area contributed by atoms with E-state index in [4.69, 9.17) is 10.6 Å². The number of rotatable bonds is 7. The molecule has 8 heteroatoms. The number of aromatic nitrogens is 3. The highest BCUT2D eigenvalue weighted by molar-refractivity contribution is 5.34. The summed E-state index contributed by atoms with van der Waals surface area (Å²) in [6, 6.07) is 0.182. The summed E-state index contributed by atoms with van der Waals surface area (Å²) in [5.74, 6) is 5.91. The van der Waals surface area contributed by atoms with Crippen molar-refractivity contribution in [1.82, 2.24) is 15.0 Å². The molecule has 8 nitrogen and oxygen atoms in total. The fraction of sp³-hybridized carbons (Fsp3) is 0.700. The lowest BCUT2D eigenvalue weighted by Crippen LogP contribution is -2.26. The number of anilines is 2. The quantitative estimate of drug-likeness (QED) is 0.397. The maximum Gasteiger partial charge on any atom is 0.323 e. The lowest BCUT2D eigenvalue weighted by Gasteiger charge is -2.15. The zero-order valence-electron chi connectivity index (χ0n) is 10.8. The lowest BCUT2D eigenvalue weighted by atomic mass is 10.1. The molecule has 1 atom stereocenters. The number of aliphatic hydroxyl groups is 1. The molecule has 1 aromatic rings. The summed E-state index contributed by atoms with van der Waals surface area (Å²) in [7, 11) is 0. The predicted octanol–water partition coefficient (Wildman–Crippen LogP) is -0.0153. The van der Waals surface area contributed by atoms with Gasteiger partial charge in [-0.25, -0.2) is 5.84 Å². The number of nitrogen functional groups attached to an aromatic ring is 1. The molecule has 0 saturated heterocycles. The Morgan fingerprint density at radius 3 is 2.50 bits per heavy atom. The molecule has 0 radical (unpaired) electrons. The average molecular weight is 256 g/mol. The van der Waals surface area contributed by atoms with E-state index in [0.29, 0.717) is 19.1 Å². The van der Waals surface area contributed by atoms with Gasteiger partial charge in [0.25, 0.3) is 0 Å². The Labute approximate surface area is 106 Å². The van der Waals surface area contributed by atoms with Crippen molar-refractivity contribution < 1.29 is 9.84 Å². The predicted molar refractivity (Wildman–Crippen MR) is 68.1 cm³/mol. The van der Waals surface area contributed by atoms with Crippen molar-refractivity contribution in [3.8, 4) is 6.01 Å². The van der Waals surface area contributed by atoms with Crippen molar-refractivity contribution in [2.24, 2.45) is 11.8 Å². The Hall–Kier alpha value is -1.67. The van der Waals surface area contributed by atoms with E-state index in [2.05, 4.69) is 25.7 Å². The van der Waals surface area contributed by atoms with Gasteiger partial charge in [0.1, 0.15) is 0 Å². The van der Waals surface area contributed by atoms with Gasteiger partial charge in [-0.05, 0) is 12.8 Å². The van der Waals surface area contributed by atoms with Crippen LogP contribution in [-0.4, -0.2) is 39.3 Å². The fourth-order valence-corrected chi connectivity index (χ4v) is 1.13. The number of aliphatic hydroxyl groups excluding tert-OH is 1. The maximum atomic E-state index is 9.68. The van der Waals surface area contributed by atoms with Gasteiger partial charge in [0, 0.05) is 6.54 Å². The number of nitrogens with zero attached hydrogens (tertiary/aromatic N) is 3. The van der Waals surface area contributed by atoms with Crippen molar-refractivity contribution in [3.05, 3.63) is 0 Å². The highest BCUT2D eigenvalue weighted by Gasteiger charge is 2.11. The van der Waals surface area contributed by atoms with Crippen molar-refractivity contribution in [2.75, 3.05) is 23.9 Å². The Bertz CT molecular complexity index is 373. The SMILES string of the molecule is CCOc1nc(NN)nc(NCC(O)C(C)C)n1. The molecule has 1 heterocycles. The van der Waals surface area contributed by atoms with Gasteiger partial charge in [0.15, 0.2) is 0 Å². The third-order valence-corrected chi connectivity index (χ3v) is 2.26. The number of ether oxygens (including phenoxy) is 1. The highest BCUT2D eigenvalue weighted by Crippen LogP contribution is 2.11. The maximum absolute atomic E-state index is 9.68. The summed E-state index contributed by atoms with van der Waals surface area (Å²) >= 11 is 0. The first-order valence-corrected chi connectivity index (χ1v) is 5.84. The standard InChI is InChI=1S/C10H20N6O2/c1-4-18-10-14-8(13-9(15-10)16-11)12-5-7(17)6(2)3/h6-7,17H,4-5,11H2,1-3H3,(H2,12,13,14,15,16). The van der Waals surface area contributed by atoms with Gasteiger partial charge in [-0.15, -0.1) is 0 Å². The second kappa shape index (κ2) is 6.92.